The average Bonchev–Trinajstić information content (AvgIpc) is 2.59. The fourth-order valence-corrected chi connectivity index (χ4v) is 3.51. The van der Waals surface area contributed by atoms with Crippen LogP contribution in [0, 0.1) is 6.92 Å². The first-order valence-electron chi connectivity index (χ1n) is 4.64. The fraction of sp³-hybridized carbons (Fsp3) is 0.100. The SMILES string of the molecule is Cc1ccc(S(=O)(=O)n2c(O)csc2=O)cc1. The summed E-state index contributed by atoms with van der Waals surface area (Å²) in [4.78, 5) is 10.6. The van der Waals surface area contributed by atoms with E-state index in [0.29, 0.717) is 15.3 Å². The summed E-state index contributed by atoms with van der Waals surface area (Å²) in [7, 11) is -4.01. The van der Waals surface area contributed by atoms with Gasteiger partial charge in [0.25, 0.3) is 10.0 Å². The summed E-state index contributed by atoms with van der Waals surface area (Å²) in [6.45, 7) is 1.82. The highest BCUT2D eigenvalue weighted by Crippen LogP contribution is 2.19. The van der Waals surface area contributed by atoms with E-state index in [1.54, 1.807) is 12.1 Å². The van der Waals surface area contributed by atoms with Crippen molar-refractivity contribution in [3.05, 3.63) is 44.9 Å². The Labute approximate surface area is 102 Å². The molecule has 1 aromatic carbocycles. The maximum absolute atomic E-state index is 12.1. The first-order valence-corrected chi connectivity index (χ1v) is 6.96. The van der Waals surface area contributed by atoms with E-state index in [4.69, 9.17) is 0 Å². The first kappa shape index (κ1) is 11.9. The van der Waals surface area contributed by atoms with Crippen LogP contribution in [0.2, 0.25) is 0 Å². The van der Waals surface area contributed by atoms with Gasteiger partial charge in [0.1, 0.15) is 0 Å². The van der Waals surface area contributed by atoms with E-state index >= 15 is 0 Å². The van der Waals surface area contributed by atoms with Crippen LogP contribution in [0.3, 0.4) is 0 Å². The Morgan fingerprint density at radius 2 is 1.82 bits per heavy atom. The monoisotopic (exact) mass is 271 g/mol. The molecule has 0 unspecified atom stereocenters. The summed E-state index contributed by atoms with van der Waals surface area (Å²) < 4.78 is 24.5. The first-order chi connectivity index (χ1) is 7.93. The van der Waals surface area contributed by atoms with Crippen molar-refractivity contribution in [3.8, 4) is 5.88 Å². The standard InChI is InChI=1S/C10H9NO4S2/c1-7-2-4-8(5-3-7)17(14,15)11-9(12)6-16-10(11)13/h2-6,12H,1H3. The molecule has 0 amide bonds. The van der Waals surface area contributed by atoms with Crippen molar-refractivity contribution in [3.63, 3.8) is 0 Å². The van der Waals surface area contributed by atoms with Crippen LogP contribution in [-0.4, -0.2) is 17.5 Å². The average molecular weight is 271 g/mol. The molecule has 0 spiro atoms. The van der Waals surface area contributed by atoms with Crippen LogP contribution in [0.25, 0.3) is 0 Å². The van der Waals surface area contributed by atoms with Crippen molar-refractivity contribution in [2.75, 3.05) is 0 Å². The minimum absolute atomic E-state index is 0.0288. The zero-order valence-electron chi connectivity index (χ0n) is 8.82. The Hall–Kier alpha value is -1.60. The molecule has 0 radical (unpaired) electrons. The summed E-state index contributed by atoms with van der Waals surface area (Å²) >= 11 is 0.634. The minimum Gasteiger partial charge on any atom is -0.493 e. The lowest BCUT2D eigenvalue weighted by Gasteiger charge is -2.05. The molecule has 2 aromatic rings. The van der Waals surface area contributed by atoms with Gasteiger partial charge in [-0.25, -0.2) is 8.42 Å². The van der Waals surface area contributed by atoms with Gasteiger partial charge in [0, 0.05) is 0 Å². The molecule has 0 aliphatic carbocycles. The molecule has 0 atom stereocenters. The Balaban J connectivity index is 2.66. The molecule has 0 aliphatic rings. The Morgan fingerprint density at radius 3 is 2.29 bits per heavy atom. The highest BCUT2D eigenvalue weighted by atomic mass is 32.2. The molecule has 90 valence electrons. The van der Waals surface area contributed by atoms with E-state index in [2.05, 4.69) is 0 Å². The minimum atomic E-state index is -4.01. The molecule has 5 nitrogen and oxygen atoms in total. The van der Waals surface area contributed by atoms with Crippen LogP contribution in [0.4, 0.5) is 0 Å². The van der Waals surface area contributed by atoms with Gasteiger partial charge in [-0.1, -0.05) is 29.0 Å². The predicted molar refractivity (Wildman–Crippen MR) is 64.0 cm³/mol. The molecule has 7 heteroatoms. The molecule has 0 fully saturated rings. The topological polar surface area (TPSA) is 76.4 Å². The van der Waals surface area contributed by atoms with E-state index in [1.807, 2.05) is 6.92 Å². The van der Waals surface area contributed by atoms with Gasteiger partial charge in [0.2, 0.25) is 5.88 Å². The number of thiazole rings is 1. The van der Waals surface area contributed by atoms with Gasteiger partial charge in [-0.3, -0.25) is 4.79 Å². The summed E-state index contributed by atoms with van der Waals surface area (Å²) in [5.74, 6) is -0.569. The molecule has 0 bridgehead atoms. The van der Waals surface area contributed by atoms with E-state index in [-0.39, 0.29) is 4.90 Å². The molecule has 0 saturated heterocycles. The smallest absolute Gasteiger partial charge is 0.324 e. The molecular weight excluding hydrogens is 262 g/mol. The number of aromatic hydroxyl groups is 1. The summed E-state index contributed by atoms with van der Waals surface area (Å²) in [6.07, 6.45) is 0. The highest BCUT2D eigenvalue weighted by Gasteiger charge is 2.22. The second kappa shape index (κ2) is 4.01. The second-order valence-corrected chi connectivity index (χ2v) is 6.05. The number of aryl methyl sites for hydroxylation is 1. The second-order valence-electron chi connectivity index (χ2n) is 3.44. The van der Waals surface area contributed by atoms with Crippen LogP contribution >= 0.6 is 11.3 Å². The molecule has 1 N–H and O–H groups in total. The maximum Gasteiger partial charge on any atom is 0.324 e. The van der Waals surface area contributed by atoms with E-state index in [1.165, 1.54) is 12.1 Å². The summed E-state index contributed by atoms with van der Waals surface area (Å²) in [5, 5.41) is 10.5. The lowest BCUT2D eigenvalue weighted by Crippen LogP contribution is -2.22. The van der Waals surface area contributed by atoms with Crippen LogP contribution in [0.1, 0.15) is 5.56 Å². The molecule has 0 saturated carbocycles. The van der Waals surface area contributed by atoms with Gasteiger partial charge in [0.05, 0.1) is 10.3 Å². The van der Waals surface area contributed by atoms with Crippen molar-refractivity contribution < 1.29 is 13.5 Å². The van der Waals surface area contributed by atoms with Crippen molar-refractivity contribution in [2.45, 2.75) is 11.8 Å². The number of rotatable bonds is 2. The fourth-order valence-electron chi connectivity index (χ4n) is 1.33. The quantitative estimate of drug-likeness (QED) is 0.889. The third-order valence-electron chi connectivity index (χ3n) is 2.20. The van der Waals surface area contributed by atoms with Crippen LogP contribution in [0.5, 0.6) is 5.88 Å². The highest BCUT2D eigenvalue weighted by molar-refractivity contribution is 7.90. The van der Waals surface area contributed by atoms with Crippen molar-refractivity contribution in [1.29, 1.82) is 0 Å². The van der Waals surface area contributed by atoms with Gasteiger partial charge in [0.15, 0.2) is 0 Å². The Bertz CT molecular complexity index is 695. The normalized spacial score (nSPS) is 11.6. The van der Waals surface area contributed by atoms with E-state index in [0.717, 1.165) is 10.9 Å². The van der Waals surface area contributed by atoms with Gasteiger partial charge < -0.3 is 5.11 Å². The number of benzene rings is 1. The number of nitrogens with zero attached hydrogens (tertiary/aromatic N) is 1. The van der Waals surface area contributed by atoms with Gasteiger partial charge in [-0.05, 0) is 19.1 Å². The number of hydrogen-bond donors (Lipinski definition) is 1. The van der Waals surface area contributed by atoms with Gasteiger partial charge in [-0.15, -0.1) is 0 Å². The lowest BCUT2D eigenvalue weighted by molar-refractivity contribution is 0.444. The molecule has 0 aliphatic heterocycles. The zero-order valence-corrected chi connectivity index (χ0v) is 10.5. The van der Waals surface area contributed by atoms with Gasteiger partial charge >= 0.3 is 4.87 Å². The van der Waals surface area contributed by atoms with Crippen molar-refractivity contribution >= 4 is 21.4 Å². The number of hydrogen-bond acceptors (Lipinski definition) is 5. The largest absolute Gasteiger partial charge is 0.493 e. The summed E-state index contributed by atoms with van der Waals surface area (Å²) in [5.41, 5.74) is 0.908. The van der Waals surface area contributed by atoms with Crippen molar-refractivity contribution in [2.24, 2.45) is 0 Å². The predicted octanol–water partition coefficient (Wildman–Crippen LogP) is 1.16. The summed E-state index contributed by atoms with van der Waals surface area (Å²) in [6, 6.07) is 6.05. The Kier molecular flexibility index (Phi) is 2.80. The molecule has 1 heterocycles. The van der Waals surface area contributed by atoms with E-state index in [9.17, 15) is 18.3 Å². The van der Waals surface area contributed by atoms with Crippen LogP contribution in [-0.2, 0) is 10.0 Å². The molecule has 2 rings (SSSR count). The van der Waals surface area contributed by atoms with Gasteiger partial charge in [-0.2, -0.15) is 3.97 Å². The van der Waals surface area contributed by atoms with Crippen molar-refractivity contribution in [1.82, 2.24) is 3.97 Å². The third-order valence-corrected chi connectivity index (χ3v) is 4.73. The zero-order chi connectivity index (χ0) is 12.6. The lowest BCUT2D eigenvalue weighted by atomic mass is 10.2. The Morgan fingerprint density at radius 1 is 1.24 bits per heavy atom. The molecular formula is C10H9NO4S2. The van der Waals surface area contributed by atoms with E-state index < -0.39 is 20.8 Å². The van der Waals surface area contributed by atoms with Crippen LogP contribution in [0.15, 0.2) is 39.3 Å². The third kappa shape index (κ3) is 1.98. The number of aromatic nitrogens is 1. The maximum atomic E-state index is 12.1. The van der Waals surface area contributed by atoms with Crippen LogP contribution < -0.4 is 4.87 Å². The molecule has 17 heavy (non-hydrogen) atoms. The molecule has 1 aromatic heterocycles.